The summed E-state index contributed by atoms with van der Waals surface area (Å²) in [6.07, 6.45) is 0.473. The Bertz CT molecular complexity index is 819. The molecule has 2 aromatic rings. The zero-order valence-electron chi connectivity index (χ0n) is 11.6. The molecule has 3 rings (SSSR count). The Kier molecular flexibility index (Phi) is 3.36. The van der Waals surface area contributed by atoms with Gasteiger partial charge in [-0.25, -0.2) is 13.1 Å². The van der Waals surface area contributed by atoms with Crippen LogP contribution in [0.15, 0.2) is 35.1 Å². The summed E-state index contributed by atoms with van der Waals surface area (Å²) in [6.45, 7) is 0. The van der Waals surface area contributed by atoms with E-state index >= 15 is 0 Å². The van der Waals surface area contributed by atoms with Gasteiger partial charge in [-0.05, 0) is 18.6 Å². The first kappa shape index (κ1) is 13.9. The third-order valence-corrected chi connectivity index (χ3v) is 5.45. The van der Waals surface area contributed by atoms with E-state index in [1.54, 1.807) is 7.11 Å². The molecule has 2 heterocycles. The van der Waals surface area contributed by atoms with E-state index in [4.69, 9.17) is 4.74 Å². The van der Waals surface area contributed by atoms with Crippen LogP contribution in [0.5, 0.6) is 5.75 Å². The van der Waals surface area contributed by atoms with Gasteiger partial charge in [-0.1, -0.05) is 12.1 Å². The molecule has 0 radical (unpaired) electrons. The molecule has 21 heavy (non-hydrogen) atoms. The second-order valence-corrected chi connectivity index (χ2v) is 7.40. The second kappa shape index (κ2) is 5.07. The van der Waals surface area contributed by atoms with Gasteiger partial charge in [-0.15, -0.1) is 0 Å². The molecule has 7 heteroatoms. The molecule has 6 nitrogen and oxygen atoms in total. The standard InChI is InChI=1S/C14H16N2O4S/c1-20-12-4-2-3-10(7-12)13-8-14(17)16(15-13)11-5-6-21(18,19)9-11/h2-4,7-8,11,15H,5-6,9H2,1H3. The van der Waals surface area contributed by atoms with Gasteiger partial charge in [0.05, 0.1) is 30.4 Å². The van der Waals surface area contributed by atoms with Crippen molar-refractivity contribution in [2.24, 2.45) is 0 Å². The van der Waals surface area contributed by atoms with Gasteiger partial charge in [0.2, 0.25) is 0 Å². The lowest BCUT2D eigenvalue weighted by molar-refractivity contribution is 0.415. The maximum absolute atomic E-state index is 12.1. The van der Waals surface area contributed by atoms with Crippen molar-refractivity contribution in [3.05, 3.63) is 40.7 Å². The molecule has 1 aliphatic heterocycles. The lowest BCUT2D eigenvalue weighted by Gasteiger charge is -2.08. The molecule has 0 spiro atoms. The van der Waals surface area contributed by atoms with Crippen molar-refractivity contribution in [2.75, 3.05) is 18.6 Å². The van der Waals surface area contributed by atoms with Gasteiger partial charge in [0.1, 0.15) is 5.75 Å². The van der Waals surface area contributed by atoms with Crippen LogP contribution in [0.25, 0.3) is 11.3 Å². The quantitative estimate of drug-likeness (QED) is 0.924. The highest BCUT2D eigenvalue weighted by atomic mass is 32.2. The van der Waals surface area contributed by atoms with E-state index in [1.165, 1.54) is 10.7 Å². The van der Waals surface area contributed by atoms with Gasteiger partial charge in [0.15, 0.2) is 9.84 Å². The molecule has 0 aliphatic carbocycles. The number of aromatic amines is 1. The lowest BCUT2D eigenvalue weighted by atomic mass is 10.1. The normalized spacial score (nSPS) is 20.5. The number of sulfone groups is 1. The Morgan fingerprint density at radius 1 is 1.33 bits per heavy atom. The highest BCUT2D eigenvalue weighted by molar-refractivity contribution is 7.91. The van der Waals surface area contributed by atoms with Crippen molar-refractivity contribution >= 4 is 9.84 Å². The summed E-state index contributed by atoms with van der Waals surface area (Å²) in [5.74, 6) is 0.854. The number of ether oxygens (including phenoxy) is 1. The Morgan fingerprint density at radius 3 is 2.81 bits per heavy atom. The molecule has 0 bridgehead atoms. The molecule has 1 saturated heterocycles. The van der Waals surface area contributed by atoms with Gasteiger partial charge in [0.25, 0.3) is 5.56 Å². The first-order valence-electron chi connectivity index (χ1n) is 6.65. The number of methoxy groups -OCH3 is 1. The van der Waals surface area contributed by atoms with Gasteiger partial charge in [0, 0.05) is 11.6 Å². The summed E-state index contributed by atoms with van der Waals surface area (Å²) in [7, 11) is -1.45. The minimum atomic E-state index is -3.03. The van der Waals surface area contributed by atoms with Crippen LogP contribution in [-0.4, -0.2) is 36.8 Å². The predicted molar refractivity (Wildman–Crippen MR) is 79.3 cm³/mol. The molecular formula is C14H16N2O4S. The minimum Gasteiger partial charge on any atom is -0.497 e. The number of rotatable bonds is 3. The van der Waals surface area contributed by atoms with E-state index in [9.17, 15) is 13.2 Å². The molecule has 1 fully saturated rings. The summed E-state index contributed by atoms with van der Waals surface area (Å²) in [5.41, 5.74) is 1.27. The smallest absolute Gasteiger partial charge is 0.267 e. The predicted octanol–water partition coefficient (Wildman–Crippen LogP) is 1.21. The van der Waals surface area contributed by atoms with Gasteiger partial charge in [-0.2, -0.15) is 0 Å². The van der Waals surface area contributed by atoms with Crippen LogP contribution in [0.3, 0.4) is 0 Å². The SMILES string of the molecule is COc1cccc(-c2cc(=O)n(C3CCS(=O)(=O)C3)[nH]2)c1. The zero-order chi connectivity index (χ0) is 15.0. The largest absolute Gasteiger partial charge is 0.497 e. The van der Waals surface area contributed by atoms with Crippen molar-refractivity contribution in [3.63, 3.8) is 0 Å². The number of hydrogen-bond donors (Lipinski definition) is 1. The molecule has 1 N–H and O–H groups in total. The van der Waals surface area contributed by atoms with E-state index in [2.05, 4.69) is 5.10 Å². The van der Waals surface area contributed by atoms with Crippen molar-refractivity contribution in [1.82, 2.24) is 9.78 Å². The first-order valence-corrected chi connectivity index (χ1v) is 8.47. The summed E-state index contributed by atoms with van der Waals surface area (Å²) in [6, 6.07) is 8.53. The third kappa shape index (κ3) is 2.73. The van der Waals surface area contributed by atoms with Gasteiger partial charge in [-0.3, -0.25) is 9.89 Å². The molecule has 112 valence electrons. The topological polar surface area (TPSA) is 81.2 Å². The number of nitrogens with zero attached hydrogens (tertiary/aromatic N) is 1. The summed E-state index contributed by atoms with van der Waals surface area (Å²) < 4.78 is 29.7. The fourth-order valence-electron chi connectivity index (χ4n) is 2.60. The maximum Gasteiger partial charge on any atom is 0.267 e. The minimum absolute atomic E-state index is 0.0188. The first-order chi connectivity index (χ1) is 9.98. The monoisotopic (exact) mass is 308 g/mol. The summed E-state index contributed by atoms with van der Waals surface area (Å²) in [5, 5.41) is 3.01. The van der Waals surface area contributed by atoms with E-state index in [0.717, 1.165) is 5.56 Å². The van der Waals surface area contributed by atoms with Crippen LogP contribution < -0.4 is 10.3 Å². The molecule has 1 unspecified atom stereocenters. The zero-order valence-corrected chi connectivity index (χ0v) is 12.4. The Labute approximate surface area is 122 Å². The van der Waals surface area contributed by atoms with Crippen molar-refractivity contribution in [1.29, 1.82) is 0 Å². The molecule has 1 atom stereocenters. The van der Waals surface area contributed by atoms with Crippen molar-refractivity contribution in [3.8, 4) is 17.0 Å². The van der Waals surface area contributed by atoms with E-state index in [0.29, 0.717) is 17.9 Å². The second-order valence-electron chi connectivity index (χ2n) is 5.17. The number of aromatic nitrogens is 2. The summed E-state index contributed by atoms with van der Waals surface area (Å²) >= 11 is 0. The number of H-pyrrole nitrogens is 1. The van der Waals surface area contributed by atoms with E-state index in [1.807, 2.05) is 24.3 Å². The molecule has 0 saturated carbocycles. The average Bonchev–Trinajstić information content (AvgIpc) is 3.01. The van der Waals surface area contributed by atoms with E-state index < -0.39 is 9.84 Å². The van der Waals surface area contributed by atoms with Crippen LogP contribution in [0.4, 0.5) is 0 Å². The van der Waals surface area contributed by atoms with E-state index in [-0.39, 0.29) is 23.1 Å². The van der Waals surface area contributed by atoms with Crippen LogP contribution >= 0.6 is 0 Å². The van der Waals surface area contributed by atoms with Crippen LogP contribution in [0.1, 0.15) is 12.5 Å². The highest BCUT2D eigenvalue weighted by Crippen LogP contribution is 2.25. The summed E-state index contributed by atoms with van der Waals surface area (Å²) in [4.78, 5) is 12.1. The lowest BCUT2D eigenvalue weighted by Crippen LogP contribution is -2.22. The molecule has 1 aromatic heterocycles. The Balaban J connectivity index is 1.96. The van der Waals surface area contributed by atoms with Gasteiger partial charge >= 0.3 is 0 Å². The van der Waals surface area contributed by atoms with Crippen LogP contribution in [0.2, 0.25) is 0 Å². The highest BCUT2D eigenvalue weighted by Gasteiger charge is 2.30. The van der Waals surface area contributed by atoms with Gasteiger partial charge < -0.3 is 4.74 Å². The maximum atomic E-state index is 12.1. The fourth-order valence-corrected chi connectivity index (χ4v) is 4.30. The fraction of sp³-hybridized carbons (Fsp3) is 0.357. The number of hydrogen-bond acceptors (Lipinski definition) is 4. The van der Waals surface area contributed by atoms with Crippen molar-refractivity contribution in [2.45, 2.75) is 12.5 Å². The molecule has 1 aromatic carbocycles. The number of nitrogens with one attached hydrogen (secondary N) is 1. The van der Waals surface area contributed by atoms with Crippen LogP contribution in [-0.2, 0) is 9.84 Å². The Hall–Kier alpha value is -2.02. The average molecular weight is 308 g/mol. The third-order valence-electron chi connectivity index (χ3n) is 3.70. The van der Waals surface area contributed by atoms with Crippen molar-refractivity contribution < 1.29 is 13.2 Å². The molecule has 1 aliphatic rings. The van der Waals surface area contributed by atoms with Crippen LogP contribution in [0, 0.1) is 0 Å². The molecule has 0 amide bonds. The number of benzene rings is 1. The Morgan fingerprint density at radius 2 is 2.14 bits per heavy atom. The molecular weight excluding hydrogens is 292 g/mol.